The van der Waals surface area contributed by atoms with Crippen LogP contribution in [0.1, 0.15) is 12.5 Å². The van der Waals surface area contributed by atoms with Gasteiger partial charge in [0, 0.05) is 31.6 Å². The van der Waals surface area contributed by atoms with Crippen molar-refractivity contribution in [1.82, 2.24) is 9.88 Å². The maximum Gasteiger partial charge on any atom is 0.147 e. The van der Waals surface area contributed by atoms with Crippen molar-refractivity contribution in [2.45, 2.75) is 6.92 Å². The lowest BCUT2D eigenvalue weighted by atomic mass is 10.1. The third-order valence-electron chi connectivity index (χ3n) is 4.24. The first kappa shape index (κ1) is 14.6. The third kappa shape index (κ3) is 2.70. The molecular weight excluding hydrogens is 276 g/mol. The molecule has 114 valence electrons. The van der Waals surface area contributed by atoms with Crippen LogP contribution in [-0.4, -0.2) is 49.7 Å². The molecule has 22 heavy (non-hydrogen) atoms. The van der Waals surface area contributed by atoms with Crippen LogP contribution in [0.4, 0.5) is 5.82 Å². The van der Waals surface area contributed by atoms with Crippen molar-refractivity contribution in [3.63, 3.8) is 0 Å². The Labute approximate surface area is 130 Å². The number of nitrogens with zero attached hydrogens (tertiary/aromatic N) is 4. The van der Waals surface area contributed by atoms with Crippen molar-refractivity contribution in [3.05, 3.63) is 29.8 Å². The molecule has 0 aliphatic carbocycles. The Kier molecular flexibility index (Phi) is 4.12. The highest BCUT2D eigenvalue weighted by Crippen LogP contribution is 2.26. The first-order chi connectivity index (χ1) is 10.7. The van der Waals surface area contributed by atoms with Crippen molar-refractivity contribution >= 4 is 16.7 Å². The van der Waals surface area contributed by atoms with E-state index in [1.54, 1.807) is 7.11 Å². The number of hydrogen-bond donors (Lipinski definition) is 0. The van der Waals surface area contributed by atoms with Gasteiger partial charge >= 0.3 is 0 Å². The summed E-state index contributed by atoms with van der Waals surface area (Å²) in [5.74, 6) is 1.58. The minimum absolute atomic E-state index is 0.630. The van der Waals surface area contributed by atoms with Gasteiger partial charge in [0.15, 0.2) is 0 Å². The molecule has 2 aromatic rings. The van der Waals surface area contributed by atoms with E-state index < -0.39 is 0 Å². The van der Waals surface area contributed by atoms with Crippen LogP contribution in [0.25, 0.3) is 10.9 Å². The monoisotopic (exact) mass is 296 g/mol. The Morgan fingerprint density at radius 1 is 1.23 bits per heavy atom. The molecule has 1 aromatic carbocycles. The van der Waals surface area contributed by atoms with Crippen LogP contribution in [-0.2, 0) is 0 Å². The molecule has 1 fully saturated rings. The van der Waals surface area contributed by atoms with Crippen LogP contribution in [0.2, 0.25) is 0 Å². The zero-order valence-corrected chi connectivity index (χ0v) is 13.0. The third-order valence-corrected chi connectivity index (χ3v) is 4.24. The highest BCUT2D eigenvalue weighted by Gasteiger charge is 2.20. The Bertz CT molecular complexity index is 714. The van der Waals surface area contributed by atoms with Gasteiger partial charge in [-0.3, -0.25) is 0 Å². The Morgan fingerprint density at radius 3 is 2.64 bits per heavy atom. The normalized spacial score (nSPS) is 15.8. The van der Waals surface area contributed by atoms with Gasteiger partial charge in [0.25, 0.3) is 0 Å². The van der Waals surface area contributed by atoms with E-state index in [-0.39, 0.29) is 0 Å². The first-order valence-electron chi connectivity index (χ1n) is 7.61. The van der Waals surface area contributed by atoms with Gasteiger partial charge in [-0.1, -0.05) is 6.92 Å². The van der Waals surface area contributed by atoms with Crippen molar-refractivity contribution in [3.8, 4) is 11.8 Å². The summed E-state index contributed by atoms with van der Waals surface area (Å²) in [6.07, 6.45) is 0. The predicted octanol–water partition coefficient (Wildman–Crippen LogP) is 2.26. The van der Waals surface area contributed by atoms with Gasteiger partial charge in [0.1, 0.15) is 17.6 Å². The fraction of sp³-hybridized carbons (Fsp3) is 0.412. The molecule has 0 saturated carbocycles. The Morgan fingerprint density at radius 2 is 2.00 bits per heavy atom. The number of nitriles is 1. The van der Waals surface area contributed by atoms with E-state index in [4.69, 9.17) is 9.72 Å². The fourth-order valence-corrected chi connectivity index (χ4v) is 2.87. The van der Waals surface area contributed by atoms with Crippen molar-refractivity contribution in [2.24, 2.45) is 0 Å². The molecule has 1 aromatic heterocycles. The topological polar surface area (TPSA) is 52.4 Å². The summed E-state index contributed by atoms with van der Waals surface area (Å²) in [5, 5.41) is 10.4. The molecule has 0 N–H and O–H groups in total. The van der Waals surface area contributed by atoms with Crippen LogP contribution in [0, 0.1) is 11.3 Å². The molecule has 0 spiro atoms. The molecule has 1 aliphatic heterocycles. The van der Waals surface area contributed by atoms with Gasteiger partial charge < -0.3 is 14.5 Å². The highest BCUT2D eigenvalue weighted by atomic mass is 16.5. The van der Waals surface area contributed by atoms with Crippen LogP contribution >= 0.6 is 0 Å². The fourth-order valence-electron chi connectivity index (χ4n) is 2.87. The summed E-state index contributed by atoms with van der Waals surface area (Å²) >= 11 is 0. The summed E-state index contributed by atoms with van der Waals surface area (Å²) in [7, 11) is 1.64. The van der Waals surface area contributed by atoms with Crippen molar-refractivity contribution in [2.75, 3.05) is 44.7 Å². The lowest BCUT2D eigenvalue weighted by Gasteiger charge is -2.35. The van der Waals surface area contributed by atoms with Crippen LogP contribution in [0.15, 0.2) is 24.3 Å². The summed E-state index contributed by atoms with van der Waals surface area (Å²) in [6, 6.07) is 9.97. The summed E-state index contributed by atoms with van der Waals surface area (Å²) in [4.78, 5) is 9.35. The molecule has 0 unspecified atom stereocenters. The van der Waals surface area contributed by atoms with Gasteiger partial charge in [0.2, 0.25) is 0 Å². The molecule has 1 saturated heterocycles. The number of likely N-dealkylation sites (N-methyl/N-ethyl adjacent to an activating group) is 1. The summed E-state index contributed by atoms with van der Waals surface area (Å²) in [5.41, 5.74) is 1.53. The molecule has 0 bridgehead atoms. The van der Waals surface area contributed by atoms with E-state index >= 15 is 0 Å². The van der Waals surface area contributed by atoms with Crippen molar-refractivity contribution < 1.29 is 4.74 Å². The van der Waals surface area contributed by atoms with Crippen molar-refractivity contribution in [1.29, 1.82) is 5.26 Å². The summed E-state index contributed by atoms with van der Waals surface area (Å²) < 4.78 is 5.24. The zero-order valence-electron chi connectivity index (χ0n) is 13.0. The molecule has 1 aliphatic rings. The molecule has 0 radical (unpaired) electrons. The number of aromatic nitrogens is 1. The average Bonchev–Trinajstić information content (AvgIpc) is 2.60. The molecular formula is C17H20N4O. The molecule has 0 amide bonds. The van der Waals surface area contributed by atoms with E-state index in [9.17, 15) is 5.26 Å². The highest BCUT2D eigenvalue weighted by molar-refractivity contribution is 5.84. The van der Waals surface area contributed by atoms with E-state index in [1.165, 1.54) is 0 Å². The molecule has 5 nitrogen and oxygen atoms in total. The maximum atomic E-state index is 9.47. The second-order valence-electron chi connectivity index (χ2n) is 5.45. The largest absolute Gasteiger partial charge is 0.497 e. The number of methoxy groups -OCH3 is 1. The van der Waals surface area contributed by atoms with E-state index in [2.05, 4.69) is 22.8 Å². The number of rotatable bonds is 3. The smallest absolute Gasteiger partial charge is 0.147 e. The number of anilines is 1. The predicted molar refractivity (Wildman–Crippen MR) is 87.3 cm³/mol. The van der Waals surface area contributed by atoms with Gasteiger partial charge in [-0.2, -0.15) is 5.26 Å². The second-order valence-corrected chi connectivity index (χ2v) is 5.45. The quantitative estimate of drug-likeness (QED) is 0.869. The van der Waals surface area contributed by atoms with Gasteiger partial charge in [0.05, 0.1) is 18.2 Å². The molecule has 5 heteroatoms. The lowest BCUT2D eigenvalue weighted by molar-refractivity contribution is 0.270. The minimum Gasteiger partial charge on any atom is -0.497 e. The van der Waals surface area contributed by atoms with E-state index in [0.717, 1.165) is 55.2 Å². The van der Waals surface area contributed by atoms with Gasteiger partial charge in [-0.05, 0) is 30.8 Å². The van der Waals surface area contributed by atoms with E-state index in [1.807, 2.05) is 24.3 Å². The number of benzene rings is 1. The zero-order chi connectivity index (χ0) is 15.5. The number of piperazine rings is 1. The Balaban J connectivity index is 1.97. The van der Waals surface area contributed by atoms with E-state index in [0.29, 0.717) is 5.56 Å². The minimum atomic E-state index is 0.630. The number of hydrogen-bond acceptors (Lipinski definition) is 5. The number of ether oxygens (including phenoxy) is 1. The molecule has 0 atom stereocenters. The summed E-state index contributed by atoms with van der Waals surface area (Å²) in [6.45, 7) is 7.11. The van der Waals surface area contributed by atoms with Gasteiger partial charge in [-0.25, -0.2) is 4.98 Å². The second kappa shape index (κ2) is 6.20. The van der Waals surface area contributed by atoms with Crippen LogP contribution < -0.4 is 9.64 Å². The SMILES string of the molecule is CCN1CCN(c2nc3ccc(OC)cc3cc2C#N)CC1. The van der Waals surface area contributed by atoms with Crippen LogP contribution in [0.5, 0.6) is 5.75 Å². The average molecular weight is 296 g/mol. The Hall–Kier alpha value is -2.32. The number of fused-ring (bicyclic) bond motifs is 1. The molecule has 2 heterocycles. The first-order valence-corrected chi connectivity index (χ1v) is 7.61. The lowest BCUT2D eigenvalue weighted by Crippen LogP contribution is -2.46. The number of pyridine rings is 1. The maximum absolute atomic E-state index is 9.47. The van der Waals surface area contributed by atoms with Crippen LogP contribution in [0.3, 0.4) is 0 Å². The standard InChI is InChI=1S/C17H20N4O/c1-3-20-6-8-21(9-7-20)17-14(12-18)10-13-11-15(22-2)4-5-16(13)19-17/h4-5,10-11H,3,6-9H2,1-2H3. The van der Waals surface area contributed by atoms with Gasteiger partial charge in [-0.15, -0.1) is 0 Å². The molecule has 3 rings (SSSR count).